The van der Waals surface area contributed by atoms with Gasteiger partial charge in [-0.25, -0.2) is 4.79 Å². The molecule has 3 unspecified atom stereocenters. The monoisotopic (exact) mass is 359 g/mol. The summed E-state index contributed by atoms with van der Waals surface area (Å²) >= 11 is 0. The van der Waals surface area contributed by atoms with Gasteiger partial charge in [0, 0.05) is 11.5 Å². The maximum atomic E-state index is 12.6. The molecule has 1 aromatic carbocycles. The maximum Gasteiger partial charge on any atom is 0.407 e. The number of methoxy groups -OCH3 is 1. The fourth-order valence-electron chi connectivity index (χ4n) is 4.83. The van der Waals surface area contributed by atoms with Crippen LogP contribution in [-0.2, 0) is 16.6 Å². The van der Waals surface area contributed by atoms with Crippen molar-refractivity contribution < 1.29 is 14.3 Å². The molecule has 1 fully saturated rings. The molecular weight excluding hydrogens is 326 g/mol. The highest BCUT2D eigenvalue weighted by Crippen LogP contribution is 2.47. The van der Waals surface area contributed by atoms with Crippen LogP contribution in [0.25, 0.3) is 0 Å². The van der Waals surface area contributed by atoms with Gasteiger partial charge in [0.15, 0.2) is 0 Å². The first-order valence-corrected chi connectivity index (χ1v) is 9.90. The third-order valence-electron chi connectivity index (χ3n) is 6.02. The molecular formula is C22H33NO3. The van der Waals surface area contributed by atoms with Crippen molar-refractivity contribution in [2.24, 2.45) is 5.92 Å². The Morgan fingerprint density at radius 2 is 2.00 bits per heavy atom. The van der Waals surface area contributed by atoms with Gasteiger partial charge in [-0.2, -0.15) is 0 Å². The summed E-state index contributed by atoms with van der Waals surface area (Å²) in [5.74, 6) is 1.34. The minimum absolute atomic E-state index is 0.0931. The first-order valence-electron chi connectivity index (χ1n) is 9.90. The van der Waals surface area contributed by atoms with E-state index in [-0.39, 0.29) is 17.6 Å². The summed E-state index contributed by atoms with van der Waals surface area (Å²) < 4.78 is 11.1. The van der Waals surface area contributed by atoms with Gasteiger partial charge in [0.25, 0.3) is 0 Å². The molecule has 1 amide bonds. The first-order chi connectivity index (χ1) is 12.2. The Bertz CT molecular complexity index is 664. The summed E-state index contributed by atoms with van der Waals surface area (Å²) in [7, 11) is 1.71. The lowest BCUT2D eigenvalue weighted by Gasteiger charge is -2.49. The Balaban J connectivity index is 1.97. The molecule has 4 heteroatoms. The predicted molar refractivity (Wildman–Crippen MR) is 104 cm³/mol. The molecule has 0 aromatic heterocycles. The van der Waals surface area contributed by atoms with Crippen LogP contribution < -0.4 is 10.1 Å². The number of nitrogens with one attached hydrogen (secondary N) is 1. The van der Waals surface area contributed by atoms with Crippen molar-refractivity contribution in [2.45, 2.75) is 83.3 Å². The van der Waals surface area contributed by atoms with Crippen LogP contribution in [0.15, 0.2) is 18.2 Å². The van der Waals surface area contributed by atoms with Crippen LogP contribution in [0.4, 0.5) is 4.79 Å². The highest BCUT2D eigenvalue weighted by Gasteiger charge is 2.47. The second-order valence-corrected chi connectivity index (χ2v) is 9.13. The minimum atomic E-state index is -0.483. The Labute approximate surface area is 157 Å². The average molecular weight is 360 g/mol. The van der Waals surface area contributed by atoms with Gasteiger partial charge in [-0.1, -0.05) is 32.3 Å². The van der Waals surface area contributed by atoms with Crippen molar-refractivity contribution in [2.75, 3.05) is 7.11 Å². The summed E-state index contributed by atoms with van der Waals surface area (Å²) in [5, 5.41) is 3.26. The van der Waals surface area contributed by atoms with Gasteiger partial charge in [0.1, 0.15) is 11.4 Å². The standard InChI is InChI=1S/C22H33NO3/c1-21(2,3)26-20(24)23-19-16-9-7-6-8-12-22(19,4)18-14-17(25-5)11-10-15(18)13-16/h10-11,14,16,19H,6-9,12-13H2,1-5H3,(H,23,24). The van der Waals surface area contributed by atoms with E-state index in [1.807, 2.05) is 20.8 Å². The van der Waals surface area contributed by atoms with Crippen LogP contribution in [0.5, 0.6) is 5.75 Å². The van der Waals surface area contributed by atoms with E-state index in [0.717, 1.165) is 25.0 Å². The zero-order valence-electron chi connectivity index (χ0n) is 16.9. The van der Waals surface area contributed by atoms with Crippen molar-refractivity contribution in [3.05, 3.63) is 29.3 Å². The first kappa shape index (κ1) is 19.1. The lowest BCUT2D eigenvalue weighted by molar-refractivity contribution is 0.0417. The van der Waals surface area contributed by atoms with E-state index >= 15 is 0 Å². The molecule has 0 radical (unpaired) electrons. The van der Waals surface area contributed by atoms with Crippen LogP contribution in [0, 0.1) is 5.92 Å². The molecule has 2 bridgehead atoms. The third-order valence-corrected chi connectivity index (χ3v) is 6.02. The van der Waals surface area contributed by atoms with Crippen LogP contribution in [0.2, 0.25) is 0 Å². The number of amides is 1. The van der Waals surface area contributed by atoms with E-state index in [4.69, 9.17) is 9.47 Å². The van der Waals surface area contributed by atoms with E-state index in [2.05, 4.69) is 30.4 Å². The summed E-state index contributed by atoms with van der Waals surface area (Å²) in [6, 6.07) is 6.54. The number of carbonyl (C=O) groups is 1. The number of hydrogen-bond acceptors (Lipinski definition) is 3. The number of ether oxygens (including phenoxy) is 2. The minimum Gasteiger partial charge on any atom is -0.497 e. The SMILES string of the molecule is COc1ccc2c(c1)C1(C)CCCCCC(C2)C1NC(=O)OC(C)(C)C. The van der Waals surface area contributed by atoms with Crippen LogP contribution in [0.3, 0.4) is 0 Å². The Morgan fingerprint density at radius 1 is 1.23 bits per heavy atom. The molecule has 4 nitrogen and oxygen atoms in total. The van der Waals surface area contributed by atoms with Crippen molar-refractivity contribution in [3.63, 3.8) is 0 Å². The van der Waals surface area contributed by atoms with E-state index in [1.54, 1.807) is 7.11 Å². The summed E-state index contributed by atoms with van der Waals surface area (Å²) in [4.78, 5) is 12.6. The van der Waals surface area contributed by atoms with Gasteiger partial charge in [-0.05, 0) is 69.2 Å². The number of alkyl carbamates (subject to hydrolysis) is 1. The van der Waals surface area contributed by atoms with Gasteiger partial charge < -0.3 is 14.8 Å². The number of carbonyl (C=O) groups excluding carboxylic acids is 1. The number of rotatable bonds is 2. The fourth-order valence-corrected chi connectivity index (χ4v) is 4.83. The van der Waals surface area contributed by atoms with Gasteiger partial charge in [0.05, 0.1) is 7.11 Å². The maximum absolute atomic E-state index is 12.6. The zero-order chi connectivity index (χ0) is 18.9. The lowest BCUT2D eigenvalue weighted by Crippen LogP contribution is -2.57. The molecule has 0 spiro atoms. The van der Waals surface area contributed by atoms with E-state index in [0.29, 0.717) is 5.92 Å². The van der Waals surface area contributed by atoms with Crippen LogP contribution in [0.1, 0.15) is 70.9 Å². The molecule has 26 heavy (non-hydrogen) atoms. The Kier molecular flexibility index (Phi) is 5.23. The number of benzene rings is 1. The average Bonchev–Trinajstić information content (AvgIpc) is 2.55. The molecule has 1 aromatic rings. The van der Waals surface area contributed by atoms with Crippen LogP contribution >= 0.6 is 0 Å². The van der Waals surface area contributed by atoms with Crippen molar-refractivity contribution in [1.29, 1.82) is 0 Å². The largest absolute Gasteiger partial charge is 0.497 e. The molecule has 2 aliphatic carbocycles. The van der Waals surface area contributed by atoms with Crippen molar-refractivity contribution in [3.8, 4) is 5.75 Å². The normalized spacial score (nSPS) is 28.3. The topological polar surface area (TPSA) is 47.6 Å². The summed E-state index contributed by atoms with van der Waals surface area (Å²) in [6.07, 6.45) is 6.63. The zero-order valence-corrected chi connectivity index (χ0v) is 16.9. The van der Waals surface area contributed by atoms with Gasteiger partial charge in [0.2, 0.25) is 0 Å². The molecule has 144 valence electrons. The summed E-state index contributed by atoms with van der Waals surface area (Å²) in [5.41, 5.74) is 2.16. The highest BCUT2D eigenvalue weighted by molar-refractivity contribution is 5.69. The number of fused-ring (bicyclic) bond motifs is 4. The smallest absolute Gasteiger partial charge is 0.407 e. The molecule has 0 heterocycles. The van der Waals surface area contributed by atoms with Crippen molar-refractivity contribution >= 4 is 6.09 Å². The van der Waals surface area contributed by atoms with E-state index in [9.17, 15) is 4.79 Å². The predicted octanol–water partition coefficient (Wildman–Crippen LogP) is 4.98. The quantitative estimate of drug-likeness (QED) is 0.810. The van der Waals surface area contributed by atoms with Gasteiger partial charge in [-0.3, -0.25) is 0 Å². The Hall–Kier alpha value is -1.71. The molecule has 3 atom stereocenters. The second kappa shape index (κ2) is 7.13. The van der Waals surface area contributed by atoms with Gasteiger partial charge in [-0.15, -0.1) is 0 Å². The fraction of sp³-hybridized carbons (Fsp3) is 0.682. The second-order valence-electron chi connectivity index (χ2n) is 9.13. The van der Waals surface area contributed by atoms with Crippen LogP contribution in [-0.4, -0.2) is 24.8 Å². The molecule has 1 saturated carbocycles. The third kappa shape index (κ3) is 3.84. The molecule has 2 aliphatic rings. The molecule has 1 N–H and O–H groups in total. The highest BCUT2D eigenvalue weighted by atomic mass is 16.6. The lowest BCUT2D eigenvalue weighted by atomic mass is 9.59. The molecule has 0 saturated heterocycles. The van der Waals surface area contributed by atoms with E-state index < -0.39 is 5.60 Å². The Morgan fingerprint density at radius 3 is 2.69 bits per heavy atom. The summed E-state index contributed by atoms with van der Waals surface area (Å²) in [6.45, 7) is 8.04. The molecule has 3 rings (SSSR count). The number of hydrogen-bond donors (Lipinski definition) is 1. The van der Waals surface area contributed by atoms with Gasteiger partial charge >= 0.3 is 6.09 Å². The molecule has 0 aliphatic heterocycles. The van der Waals surface area contributed by atoms with Crippen molar-refractivity contribution in [1.82, 2.24) is 5.32 Å². The van der Waals surface area contributed by atoms with E-state index in [1.165, 1.54) is 30.4 Å².